The molecule has 0 atom stereocenters. The van der Waals surface area contributed by atoms with Crippen LogP contribution in [0.25, 0.3) is 0 Å². The van der Waals surface area contributed by atoms with Gasteiger partial charge in [0.1, 0.15) is 0 Å². The van der Waals surface area contributed by atoms with Gasteiger partial charge in [0, 0.05) is 12.3 Å². The van der Waals surface area contributed by atoms with Gasteiger partial charge in [-0.1, -0.05) is 0 Å². The molecule has 1 aliphatic heterocycles. The molecule has 0 unspecified atom stereocenters. The summed E-state index contributed by atoms with van der Waals surface area (Å²) in [4.78, 5) is 24.5. The van der Waals surface area contributed by atoms with Gasteiger partial charge in [0.2, 0.25) is 5.91 Å². The molecule has 1 aliphatic carbocycles. The third kappa shape index (κ3) is 4.08. The molecule has 2 rings (SSSR count). The van der Waals surface area contributed by atoms with Gasteiger partial charge < -0.3 is 15.4 Å². The van der Waals surface area contributed by atoms with Crippen LogP contribution in [-0.4, -0.2) is 57.0 Å². The number of sulfone groups is 1. The van der Waals surface area contributed by atoms with E-state index < -0.39 is 14.6 Å². The molecule has 0 radical (unpaired) electrons. The number of hydrogen-bond acceptors (Lipinski definition) is 6. The van der Waals surface area contributed by atoms with E-state index in [0.717, 1.165) is 6.26 Å². The largest absolute Gasteiger partial charge is 0.466 e. The molecule has 138 valence electrons. The van der Waals surface area contributed by atoms with Crippen molar-refractivity contribution in [2.24, 2.45) is 5.92 Å². The van der Waals surface area contributed by atoms with E-state index in [2.05, 4.69) is 10.6 Å². The Morgan fingerprint density at radius 1 is 1.17 bits per heavy atom. The Labute approximate surface area is 143 Å². The summed E-state index contributed by atoms with van der Waals surface area (Å²) in [6.45, 7) is 3.21. The van der Waals surface area contributed by atoms with E-state index in [4.69, 9.17) is 4.74 Å². The van der Waals surface area contributed by atoms with E-state index in [1.165, 1.54) is 0 Å². The van der Waals surface area contributed by atoms with Gasteiger partial charge in [-0.05, 0) is 58.5 Å². The summed E-state index contributed by atoms with van der Waals surface area (Å²) in [5, 5.41) is 6.03. The number of piperidine rings is 1. The van der Waals surface area contributed by atoms with E-state index in [9.17, 15) is 18.0 Å². The molecule has 0 bridgehead atoms. The summed E-state index contributed by atoms with van der Waals surface area (Å²) in [5.74, 6) is -0.667. The third-order valence-electron chi connectivity index (χ3n) is 5.22. The zero-order chi connectivity index (χ0) is 17.8. The maximum Gasteiger partial charge on any atom is 0.308 e. The van der Waals surface area contributed by atoms with Gasteiger partial charge in [0.05, 0.1) is 12.5 Å². The minimum Gasteiger partial charge on any atom is -0.466 e. The first-order chi connectivity index (χ1) is 11.3. The fraction of sp³-hybridized carbons (Fsp3) is 0.875. The fourth-order valence-electron chi connectivity index (χ4n) is 3.65. The zero-order valence-corrected chi connectivity index (χ0v) is 15.3. The van der Waals surface area contributed by atoms with Gasteiger partial charge >= 0.3 is 5.97 Å². The molecular weight excluding hydrogens is 332 g/mol. The Balaban J connectivity index is 1.96. The third-order valence-corrected chi connectivity index (χ3v) is 7.23. The second-order valence-corrected chi connectivity index (χ2v) is 9.12. The number of hydrogen-bond donors (Lipinski definition) is 2. The lowest BCUT2D eigenvalue weighted by Gasteiger charge is -2.36. The molecule has 7 nitrogen and oxygen atoms in total. The highest BCUT2D eigenvalue weighted by Crippen LogP contribution is 2.30. The lowest BCUT2D eigenvalue weighted by Crippen LogP contribution is -2.59. The van der Waals surface area contributed by atoms with Crippen molar-refractivity contribution in [2.45, 2.75) is 56.2 Å². The summed E-state index contributed by atoms with van der Waals surface area (Å²) in [7, 11) is -3.50. The van der Waals surface area contributed by atoms with Gasteiger partial charge in [0.25, 0.3) is 0 Å². The van der Waals surface area contributed by atoms with Gasteiger partial charge in [0.15, 0.2) is 14.6 Å². The van der Waals surface area contributed by atoms with E-state index >= 15 is 0 Å². The molecule has 1 amide bonds. The van der Waals surface area contributed by atoms with Crippen molar-refractivity contribution in [3.8, 4) is 0 Å². The summed E-state index contributed by atoms with van der Waals surface area (Å²) >= 11 is 0. The Morgan fingerprint density at radius 2 is 1.75 bits per heavy atom. The number of amides is 1. The van der Waals surface area contributed by atoms with Crippen molar-refractivity contribution in [2.75, 3.05) is 26.0 Å². The van der Waals surface area contributed by atoms with Crippen molar-refractivity contribution < 1.29 is 22.7 Å². The Kier molecular flexibility index (Phi) is 6.25. The first-order valence-corrected chi connectivity index (χ1v) is 10.6. The molecule has 1 saturated heterocycles. The maximum atomic E-state index is 12.7. The highest BCUT2D eigenvalue weighted by Gasteiger charge is 2.49. The minimum absolute atomic E-state index is 0.0725. The van der Waals surface area contributed by atoms with Crippen LogP contribution in [0.5, 0.6) is 0 Å². The normalized spacial score (nSPS) is 27.2. The zero-order valence-electron chi connectivity index (χ0n) is 14.5. The number of ether oxygens (including phenoxy) is 1. The summed E-state index contributed by atoms with van der Waals surface area (Å²) in [5.41, 5.74) is 0. The van der Waals surface area contributed by atoms with Crippen LogP contribution in [0.3, 0.4) is 0 Å². The highest BCUT2D eigenvalue weighted by molar-refractivity contribution is 7.92. The van der Waals surface area contributed by atoms with Crippen LogP contribution in [0.15, 0.2) is 0 Å². The molecule has 0 aromatic heterocycles. The average molecular weight is 360 g/mol. The molecule has 2 fully saturated rings. The molecule has 1 heterocycles. The van der Waals surface area contributed by atoms with E-state index in [0.29, 0.717) is 58.2 Å². The SMILES string of the molecule is CCOC(=O)C1CCC(NC(=O)C2(S(C)(=O)=O)CCNCC2)CC1. The molecule has 0 aromatic rings. The standard InChI is InChI=1S/C16H28N2O5S/c1-3-23-14(19)12-4-6-13(7-5-12)18-15(20)16(24(2,21)22)8-10-17-11-9-16/h12-13,17H,3-11H2,1-2H3,(H,18,20). The molecular formula is C16H28N2O5S. The van der Waals surface area contributed by atoms with E-state index in [-0.39, 0.29) is 23.8 Å². The van der Waals surface area contributed by atoms with Gasteiger partial charge in [-0.2, -0.15) is 0 Å². The lowest BCUT2D eigenvalue weighted by atomic mass is 9.85. The second kappa shape index (κ2) is 7.82. The van der Waals surface area contributed by atoms with Crippen LogP contribution in [-0.2, 0) is 24.2 Å². The van der Waals surface area contributed by atoms with Crippen molar-refractivity contribution in [1.82, 2.24) is 10.6 Å². The van der Waals surface area contributed by atoms with Crippen LogP contribution in [0.1, 0.15) is 45.4 Å². The fourth-order valence-corrected chi connectivity index (χ4v) is 4.99. The number of carbonyl (C=O) groups excluding carboxylic acids is 2. The smallest absolute Gasteiger partial charge is 0.308 e. The van der Waals surface area contributed by atoms with E-state index in [1.807, 2.05) is 0 Å². The lowest BCUT2D eigenvalue weighted by molar-refractivity contribution is -0.149. The predicted molar refractivity (Wildman–Crippen MR) is 90.2 cm³/mol. The number of rotatable bonds is 5. The molecule has 2 aliphatic rings. The molecule has 8 heteroatoms. The topological polar surface area (TPSA) is 102 Å². The monoisotopic (exact) mass is 360 g/mol. The van der Waals surface area contributed by atoms with E-state index in [1.54, 1.807) is 6.92 Å². The van der Waals surface area contributed by atoms with Crippen LogP contribution in [0.2, 0.25) is 0 Å². The summed E-state index contributed by atoms with van der Waals surface area (Å²) in [6, 6.07) is -0.0725. The quantitative estimate of drug-likeness (QED) is 0.688. The summed E-state index contributed by atoms with van der Waals surface area (Å²) in [6.07, 6.45) is 4.43. The maximum absolute atomic E-state index is 12.7. The predicted octanol–water partition coefficient (Wildman–Crippen LogP) is 0.391. The van der Waals surface area contributed by atoms with Gasteiger partial charge in [-0.3, -0.25) is 9.59 Å². The average Bonchev–Trinajstić information content (AvgIpc) is 2.55. The van der Waals surface area contributed by atoms with Gasteiger partial charge in [-0.25, -0.2) is 8.42 Å². The highest BCUT2D eigenvalue weighted by atomic mass is 32.2. The Hall–Kier alpha value is -1.15. The van der Waals surface area contributed by atoms with Crippen molar-refractivity contribution >= 4 is 21.7 Å². The van der Waals surface area contributed by atoms with Crippen LogP contribution in [0, 0.1) is 5.92 Å². The number of nitrogens with one attached hydrogen (secondary N) is 2. The van der Waals surface area contributed by atoms with Crippen LogP contribution < -0.4 is 10.6 Å². The van der Waals surface area contributed by atoms with Crippen molar-refractivity contribution in [3.63, 3.8) is 0 Å². The molecule has 1 saturated carbocycles. The molecule has 0 spiro atoms. The molecule has 0 aromatic carbocycles. The molecule has 24 heavy (non-hydrogen) atoms. The first kappa shape index (κ1) is 19.2. The van der Waals surface area contributed by atoms with Crippen molar-refractivity contribution in [1.29, 1.82) is 0 Å². The summed E-state index contributed by atoms with van der Waals surface area (Å²) < 4.78 is 28.2. The number of carbonyl (C=O) groups is 2. The first-order valence-electron chi connectivity index (χ1n) is 8.68. The Bertz CT molecular complexity index is 561. The molecule has 2 N–H and O–H groups in total. The second-order valence-electron chi connectivity index (χ2n) is 6.79. The number of esters is 1. The minimum atomic E-state index is -3.50. The van der Waals surface area contributed by atoms with Crippen LogP contribution >= 0.6 is 0 Å². The Morgan fingerprint density at radius 3 is 2.25 bits per heavy atom. The van der Waals surface area contributed by atoms with Crippen molar-refractivity contribution in [3.05, 3.63) is 0 Å². The van der Waals surface area contributed by atoms with Gasteiger partial charge in [-0.15, -0.1) is 0 Å². The van der Waals surface area contributed by atoms with Crippen LogP contribution in [0.4, 0.5) is 0 Å².